The number of nitrogens with zero attached hydrogens (tertiary/aromatic N) is 4. The van der Waals surface area contributed by atoms with Crippen molar-refractivity contribution in [3.05, 3.63) is 101 Å². The summed E-state index contributed by atoms with van der Waals surface area (Å²) in [6.07, 6.45) is 4.34. The number of hydrogen-bond acceptors (Lipinski definition) is 3. The second-order valence-electron chi connectivity index (χ2n) is 7.17. The van der Waals surface area contributed by atoms with Gasteiger partial charge in [0.2, 0.25) is 0 Å². The van der Waals surface area contributed by atoms with Gasteiger partial charge in [-0.15, -0.1) is 0 Å². The van der Waals surface area contributed by atoms with Gasteiger partial charge in [0, 0.05) is 24.5 Å². The summed E-state index contributed by atoms with van der Waals surface area (Å²) in [7, 11) is 0. The first-order chi connectivity index (χ1) is 14.2. The van der Waals surface area contributed by atoms with Crippen LogP contribution >= 0.6 is 0 Å². The largest absolute Gasteiger partial charge is 0.314 e. The van der Waals surface area contributed by atoms with Crippen LogP contribution in [0.1, 0.15) is 11.3 Å². The van der Waals surface area contributed by atoms with E-state index in [9.17, 15) is 4.79 Å². The van der Waals surface area contributed by atoms with Crippen LogP contribution in [0.25, 0.3) is 27.7 Å². The van der Waals surface area contributed by atoms with Crippen LogP contribution in [-0.4, -0.2) is 19.2 Å². The van der Waals surface area contributed by atoms with Crippen LogP contribution < -0.4 is 5.56 Å². The molecule has 0 spiro atoms. The number of fused-ring (bicyclic) bond motifs is 3. The molecule has 0 unspecified atom stereocenters. The van der Waals surface area contributed by atoms with Crippen LogP contribution in [0.15, 0.2) is 83.9 Å². The summed E-state index contributed by atoms with van der Waals surface area (Å²) in [5.74, 6) is 0. The summed E-state index contributed by atoms with van der Waals surface area (Å²) in [6, 6.07) is 22.3. The van der Waals surface area contributed by atoms with Crippen molar-refractivity contribution in [3.63, 3.8) is 0 Å². The summed E-state index contributed by atoms with van der Waals surface area (Å²) in [6.45, 7) is 2.61. The Morgan fingerprint density at radius 2 is 1.66 bits per heavy atom. The molecule has 29 heavy (non-hydrogen) atoms. The van der Waals surface area contributed by atoms with Gasteiger partial charge in [-0.1, -0.05) is 60.7 Å². The Morgan fingerprint density at radius 1 is 0.931 bits per heavy atom. The predicted molar refractivity (Wildman–Crippen MR) is 115 cm³/mol. The molecule has 0 bridgehead atoms. The molecular formula is C24H20N4O. The highest BCUT2D eigenvalue weighted by molar-refractivity contribution is 5.86. The summed E-state index contributed by atoms with van der Waals surface area (Å²) in [4.78, 5) is 17.7. The van der Waals surface area contributed by atoms with Crippen LogP contribution in [0.2, 0.25) is 0 Å². The van der Waals surface area contributed by atoms with Crippen LogP contribution in [0, 0.1) is 6.92 Å². The third-order valence-electron chi connectivity index (χ3n) is 5.31. The van der Waals surface area contributed by atoms with E-state index in [1.807, 2.05) is 55.6 Å². The molecule has 0 saturated heterocycles. The van der Waals surface area contributed by atoms with Crippen molar-refractivity contribution in [1.29, 1.82) is 0 Å². The van der Waals surface area contributed by atoms with Crippen molar-refractivity contribution >= 4 is 16.6 Å². The Balaban J connectivity index is 1.60. The molecule has 5 rings (SSSR count). The summed E-state index contributed by atoms with van der Waals surface area (Å²) < 4.78 is 3.53. The Morgan fingerprint density at radius 3 is 2.41 bits per heavy atom. The molecule has 2 aromatic carbocycles. The smallest absolute Gasteiger partial charge is 0.261 e. The van der Waals surface area contributed by atoms with Crippen molar-refractivity contribution in [2.45, 2.75) is 19.9 Å². The number of aromatic nitrogens is 4. The summed E-state index contributed by atoms with van der Waals surface area (Å²) >= 11 is 0. The molecule has 3 aromatic heterocycles. The number of benzene rings is 2. The predicted octanol–water partition coefficient (Wildman–Crippen LogP) is 4.26. The molecule has 0 fully saturated rings. The molecule has 0 saturated carbocycles. The van der Waals surface area contributed by atoms with Crippen molar-refractivity contribution in [2.75, 3.05) is 0 Å². The molecule has 3 heterocycles. The highest BCUT2D eigenvalue weighted by Crippen LogP contribution is 2.28. The average Bonchev–Trinajstić information content (AvgIpc) is 3.11. The summed E-state index contributed by atoms with van der Waals surface area (Å²) in [5.41, 5.74) is 5.68. The lowest BCUT2D eigenvalue weighted by Gasteiger charge is -2.08. The second kappa shape index (κ2) is 7.02. The molecule has 5 heteroatoms. The van der Waals surface area contributed by atoms with E-state index in [-0.39, 0.29) is 5.56 Å². The molecule has 0 amide bonds. The van der Waals surface area contributed by atoms with Crippen LogP contribution in [0.4, 0.5) is 0 Å². The Kier molecular flexibility index (Phi) is 4.21. The lowest BCUT2D eigenvalue weighted by atomic mass is 10.1. The molecule has 0 aliphatic carbocycles. The fourth-order valence-corrected chi connectivity index (χ4v) is 3.83. The molecule has 0 aliphatic heterocycles. The number of aryl methyl sites for hydroxylation is 3. The Labute approximate surface area is 167 Å². The maximum atomic E-state index is 13.0. The molecular weight excluding hydrogens is 360 g/mol. The number of rotatable bonds is 4. The molecule has 5 nitrogen and oxygen atoms in total. The van der Waals surface area contributed by atoms with E-state index in [4.69, 9.17) is 0 Å². The lowest BCUT2D eigenvalue weighted by molar-refractivity contribution is 0.674. The minimum Gasteiger partial charge on any atom is -0.314 e. The van der Waals surface area contributed by atoms with Crippen molar-refractivity contribution < 1.29 is 0 Å². The van der Waals surface area contributed by atoms with E-state index >= 15 is 0 Å². The van der Waals surface area contributed by atoms with Crippen LogP contribution in [-0.2, 0) is 13.0 Å². The van der Waals surface area contributed by atoms with Gasteiger partial charge in [0.25, 0.3) is 5.56 Å². The first kappa shape index (κ1) is 17.4. The van der Waals surface area contributed by atoms with Crippen molar-refractivity contribution in [3.8, 4) is 11.1 Å². The van der Waals surface area contributed by atoms with E-state index < -0.39 is 0 Å². The number of pyridine rings is 1. The van der Waals surface area contributed by atoms with E-state index in [1.165, 1.54) is 5.56 Å². The van der Waals surface area contributed by atoms with Crippen molar-refractivity contribution in [1.82, 2.24) is 19.2 Å². The average molecular weight is 380 g/mol. The molecule has 0 N–H and O–H groups in total. The normalized spacial score (nSPS) is 11.3. The van der Waals surface area contributed by atoms with E-state index in [0.29, 0.717) is 11.9 Å². The van der Waals surface area contributed by atoms with E-state index in [1.54, 1.807) is 15.3 Å². The van der Waals surface area contributed by atoms with E-state index in [0.717, 1.165) is 34.4 Å². The second-order valence-corrected chi connectivity index (χ2v) is 7.17. The monoisotopic (exact) mass is 380 g/mol. The molecule has 0 aliphatic rings. The number of hydrogen-bond donors (Lipinski definition) is 0. The van der Waals surface area contributed by atoms with Gasteiger partial charge in [-0.2, -0.15) is 5.10 Å². The minimum absolute atomic E-state index is 0.0396. The zero-order valence-electron chi connectivity index (χ0n) is 16.1. The van der Waals surface area contributed by atoms with Gasteiger partial charge in [-0.3, -0.25) is 4.79 Å². The Bertz CT molecular complexity index is 1370. The molecule has 0 atom stereocenters. The lowest BCUT2D eigenvalue weighted by Crippen LogP contribution is -2.21. The fourth-order valence-electron chi connectivity index (χ4n) is 3.83. The van der Waals surface area contributed by atoms with E-state index in [2.05, 4.69) is 34.3 Å². The molecule has 5 aromatic rings. The third kappa shape index (κ3) is 3.01. The first-order valence-corrected chi connectivity index (χ1v) is 9.69. The van der Waals surface area contributed by atoms with Crippen LogP contribution in [0.5, 0.6) is 0 Å². The zero-order valence-corrected chi connectivity index (χ0v) is 16.1. The zero-order chi connectivity index (χ0) is 19.8. The topological polar surface area (TPSA) is 52.2 Å². The van der Waals surface area contributed by atoms with Crippen molar-refractivity contribution in [2.24, 2.45) is 0 Å². The summed E-state index contributed by atoms with van der Waals surface area (Å²) in [5, 5.41) is 5.27. The molecule has 0 radical (unpaired) electrons. The SMILES string of the molecule is Cc1nn2c(ncc3c(=O)n(CCc4ccccc4)ccc32)c1-c1ccccc1. The quantitative estimate of drug-likeness (QED) is 0.468. The highest BCUT2D eigenvalue weighted by atomic mass is 16.1. The third-order valence-corrected chi connectivity index (χ3v) is 5.31. The van der Waals surface area contributed by atoms with Gasteiger partial charge in [0.1, 0.15) is 0 Å². The Hall–Kier alpha value is -3.73. The standard InChI is InChI=1S/C24H20N4O/c1-17-22(19-10-6-3-7-11-19)23-25-16-20-21(28(23)26-17)13-15-27(24(20)29)14-12-18-8-4-2-5-9-18/h2-11,13,15-16H,12,14H2,1H3. The first-order valence-electron chi connectivity index (χ1n) is 9.69. The van der Waals surface area contributed by atoms with Gasteiger partial charge in [0.05, 0.1) is 16.6 Å². The van der Waals surface area contributed by atoms with Gasteiger partial charge in [-0.05, 0) is 30.5 Å². The van der Waals surface area contributed by atoms with Gasteiger partial charge < -0.3 is 4.57 Å². The maximum Gasteiger partial charge on any atom is 0.261 e. The minimum atomic E-state index is -0.0396. The van der Waals surface area contributed by atoms with Gasteiger partial charge in [0.15, 0.2) is 5.65 Å². The fraction of sp³-hybridized carbons (Fsp3) is 0.125. The maximum absolute atomic E-state index is 13.0. The molecule has 142 valence electrons. The van der Waals surface area contributed by atoms with Gasteiger partial charge >= 0.3 is 0 Å². The van der Waals surface area contributed by atoms with Gasteiger partial charge in [-0.25, -0.2) is 9.50 Å². The van der Waals surface area contributed by atoms with Crippen LogP contribution in [0.3, 0.4) is 0 Å². The highest BCUT2D eigenvalue weighted by Gasteiger charge is 2.16.